The number of nitrogens with one attached hydrogen (secondary N) is 1. The number of rotatable bonds is 7. The average molecular weight is 327 g/mol. The molecule has 0 aliphatic rings. The summed E-state index contributed by atoms with van der Waals surface area (Å²) in [7, 11) is 1.62. The van der Waals surface area contributed by atoms with E-state index in [0.29, 0.717) is 29.7 Å². The van der Waals surface area contributed by atoms with Crippen molar-refractivity contribution in [3.05, 3.63) is 59.7 Å². The van der Waals surface area contributed by atoms with E-state index < -0.39 is 5.97 Å². The number of hydrogen-bond acceptors (Lipinski definition) is 3. The van der Waals surface area contributed by atoms with Gasteiger partial charge in [0.15, 0.2) is 0 Å². The molecule has 24 heavy (non-hydrogen) atoms. The minimum Gasteiger partial charge on any atom is -0.478 e. The van der Waals surface area contributed by atoms with Gasteiger partial charge in [-0.25, -0.2) is 4.79 Å². The van der Waals surface area contributed by atoms with E-state index in [2.05, 4.69) is 5.32 Å². The van der Waals surface area contributed by atoms with E-state index in [1.807, 2.05) is 6.92 Å². The lowest BCUT2D eigenvalue weighted by molar-refractivity contribution is 0.0697. The normalized spacial score (nSPS) is 11.8. The van der Waals surface area contributed by atoms with Gasteiger partial charge in [0.05, 0.1) is 5.56 Å². The number of amides is 1. The van der Waals surface area contributed by atoms with E-state index in [0.717, 1.165) is 0 Å². The molecule has 0 saturated heterocycles. The number of benzene rings is 2. The third-order valence-electron chi connectivity index (χ3n) is 3.75. The van der Waals surface area contributed by atoms with Crippen molar-refractivity contribution in [2.45, 2.75) is 19.4 Å². The molecule has 5 nitrogen and oxygen atoms in total. The molecule has 2 rings (SSSR count). The van der Waals surface area contributed by atoms with Crippen LogP contribution in [-0.4, -0.2) is 36.7 Å². The highest BCUT2D eigenvalue weighted by molar-refractivity contribution is 6.04. The first-order valence-corrected chi connectivity index (χ1v) is 7.76. The highest BCUT2D eigenvalue weighted by Gasteiger charge is 2.18. The molecule has 1 unspecified atom stereocenters. The number of carbonyl (C=O) groups excluding carboxylic acids is 1. The Morgan fingerprint density at radius 3 is 2.17 bits per heavy atom. The minimum absolute atomic E-state index is 0.0415. The number of methoxy groups -OCH3 is 1. The molecule has 0 radical (unpaired) electrons. The summed E-state index contributed by atoms with van der Waals surface area (Å²) in [5, 5.41) is 12.3. The lowest BCUT2D eigenvalue weighted by Crippen LogP contribution is -2.33. The Labute approximate surface area is 141 Å². The van der Waals surface area contributed by atoms with Gasteiger partial charge in [-0.1, -0.05) is 36.4 Å². The van der Waals surface area contributed by atoms with E-state index in [-0.39, 0.29) is 17.5 Å². The maximum absolute atomic E-state index is 12.6. The van der Waals surface area contributed by atoms with Crippen LogP contribution < -0.4 is 5.32 Å². The fourth-order valence-corrected chi connectivity index (χ4v) is 2.49. The summed E-state index contributed by atoms with van der Waals surface area (Å²) in [6.07, 6.45) is 0.704. The molecule has 126 valence electrons. The van der Waals surface area contributed by atoms with Crippen LogP contribution in [0.2, 0.25) is 0 Å². The lowest BCUT2D eigenvalue weighted by Gasteiger charge is -2.16. The quantitative estimate of drug-likeness (QED) is 0.819. The Balaban J connectivity index is 2.35. The molecular weight excluding hydrogens is 306 g/mol. The summed E-state index contributed by atoms with van der Waals surface area (Å²) in [5.74, 6) is -1.25. The van der Waals surface area contributed by atoms with Crippen LogP contribution in [-0.2, 0) is 4.74 Å². The Morgan fingerprint density at radius 2 is 1.58 bits per heavy atom. The van der Waals surface area contributed by atoms with Crippen LogP contribution in [0.4, 0.5) is 0 Å². The summed E-state index contributed by atoms with van der Waals surface area (Å²) in [4.78, 5) is 24.1. The number of carboxylic acid groups (broad SMARTS) is 1. The molecule has 0 fully saturated rings. The van der Waals surface area contributed by atoms with Crippen molar-refractivity contribution in [3.63, 3.8) is 0 Å². The third-order valence-corrected chi connectivity index (χ3v) is 3.75. The largest absolute Gasteiger partial charge is 0.478 e. The first kappa shape index (κ1) is 17.7. The van der Waals surface area contributed by atoms with Gasteiger partial charge in [0.25, 0.3) is 5.91 Å². The average Bonchev–Trinajstić information content (AvgIpc) is 2.59. The standard InChI is InChI=1S/C19H21NO4/c1-13(11-12-24-2)20-18(21)16-9-5-3-7-14(16)15-8-4-6-10-17(15)19(22)23/h3-10,13H,11-12H2,1-2H3,(H,20,21)(H,22,23). The van der Waals surface area contributed by atoms with Gasteiger partial charge in [-0.05, 0) is 36.6 Å². The number of carbonyl (C=O) groups is 2. The molecule has 0 aliphatic carbocycles. The van der Waals surface area contributed by atoms with Gasteiger partial charge < -0.3 is 15.2 Å². The monoisotopic (exact) mass is 327 g/mol. The molecule has 1 amide bonds. The van der Waals surface area contributed by atoms with Crippen LogP contribution in [0.5, 0.6) is 0 Å². The number of hydrogen-bond donors (Lipinski definition) is 2. The van der Waals surface area contributed by atoms with Crippen molar-refractivity contribution in [3.8, 4) is 11.1 Å². The van der Waals surface area contributed by atoms with E-state index in [4.69, 9.17) is 4.74 Å². The molecule has 2 aromatic carbocycles. The Kier molecular flexibility index (Phi) is 6.09. The fraction of sp³-hybridized carbons (Fsp3) is 0.263. The zero-order chi connectivity index (χ0) is 17.5. The summed E-state index contributed by atoms with van der Waals surface area (Å²) >= 11 is 0. The molecular formula is C19H21NO4. The molecule has 0 aromatic heterocycles. The first-order valence-electron chi connectivity index (χ1n) is 7.76. The van der Waals surface area contributed by atoms with E-state index >= 15 is 0 Å². The van der Waals surface area contributed by atoms with Crippen LogP contribution in [0, 0.1) is 0 Å². The molecule has 0 heterocycles. The second-order valence-electron chi connectivity index (χ2n) is 5.55. The SMILES string of the molecule is COCCC(C)NC(=O)c1ccccc1-c1ccccc1C(=O)O. The Bertz CT molecular complexity index is 727. The minimum atomic E-state index is -1.02. The smallest absolute Gasteiger partial charge is 0.336 e. The third kappa shape index (κ3) is 4.20. The van der Waals surface area contributed by atoms with Crippen LogP contribution in [0.1, 0.15) is 34.1 Å². The Hall–Kier alpha value is -2.66. The second kappa shape index (κ2) is 8.26. The number of carboxylic acids is 1. The van der Waals surface area contributed by atoms with Gasteiger partial charge in [0.2, 0.25) is 0 Å². The molecule has 0 spiro atoms. The topological polar surface area (TPSA) is 75.6 Å². The van der Waals surface area contributed by atoms with Crippen LogP contribution in [0.25, 0.3) is 11.1 Å². The Morgan fingerprint density at radius 1 is 1.04 bits per heavy atom. The molecule has 2 aromatic rings. The van der Waals surface area contributed by atoms with Crippen molar-refractivity contribution in [2.75, 3.05) is 13.7 Å². The van der Waals surface area contributed by atoms with Gasteiger partial charge in [0.1, 0.15) is 0 Å². The van der Waals surface area contributed by atoms with E-state index in [1.54, 1.807) is 49.6 Å². The van der Waals surface area contributed by atoms with Gasteiger partial charge in [0, 0.05) is 25.3 Å². The van der Waals surface area contributed by atoms with Crippen molar-refractivity contribution in [1.82, 2.24) is 5.32 Å². The van der Waals surface area contributed by atoms with Crippen molar-refractivity contribution in [2.24, 2.45) is 0 Å². The van der Waals surface area contributed by atoms with Crippen molar-refractivity contribution in [1.29, 1.82) is 0 Å². The summed E-state index contributed by atoms with van der Waals surface area (Å²) < 4.78 is 5.02. The zero-order valence-corrected chi connectivity index (χ0v) is 13.8. The maximum atomic E-state index is 12.6. The predicted octanol–water partition coefficient (Wildman–Crippen LogP) is 3.21. The van der Waals surface area contributed by atoms with Crippen LogP contribution in [0.15, 0.2) is 48.5 Å². The van der Waals surface area contributed by atoms with Crippen molar-refractivity contribution < 1.29 is 19.4 Å². The molecule has 0 saturated carbocycles. The maximum Gasteiger partial charge on any atom is 0.336 e. The van der Waals surface area contributed by atoms with E-state index in [1.165, 1.54) is 6.07 Å². The predicted molar refractivity (Wildman–Crippen MR) is 92.3 cm³/mol. The molecule has 2 N–H and O–H groups in total. The lowest BCUT2D eigenvalue weighted by atomic mass is 9.95. The molecule has 1 atom stereocenters. The molecule has 0 bridgehead atoms. The highest BCUT2D eigenvalue weighted by atomic mass is 16.5. The van der Waals surface area contributed by atoms with Gasteiger partial charge >= 0.3 is 5.97 Å². The van der Waals surface area contributed by atoms with Crippen LogP contribution >= 0.6 is 0 Å². The van der Waals surface area contributed by atoms with E-state index in [9.17, 15) is 14.7 Å². The summed E-state index contributed by atoms with van der Waals surface area (Å²) in [5.41, 5.74) is 1.76. The molecule has 0 aliphatic heterocycles. The van der Waals surface area contributed by atoms with Crippen molar-refractivity contribution >= 4 is 11.9 Å². The second-order valence-corrected chi connectivity index (χ2v) is 5.55. The fourth-order valence-electron chi connectivity index (χ4n) is 2.49. The van der Waals surface area contributed by atoms with Gasteiger partial charge in [-0.2, -0.15) is 0 Å². The zero-order valence-electron chi connectivity index (χ0n) is 13.8. The molecule has 5 heteroatoms. The summed E-state index contributed by atoms with van der Waals surface area (Å²) in [6.45, 7) is 2.47. The highest BCUT2D eigenvalue weighted by Crippen LogP contribution is 2.27. The van der Waals surface area contributed by atoms with Gasteiger partial charge in [-0.15, -0.1) is 0 Å². The van der Waals surface area contributed by atoms with Gasteiger partial charge in [-0.3, -0.25) is 4.79 Å². The summed E-state index contributed by atoms with van der Waals surface area (Å²) in [6, 6.07) is 13.7. The number of aromatic carboxylic acids is 1. The first-order chi connectivity index (χ1) is 11.5. The number of ether oxygens (including phenoxy) is 1. The van der Waals surface area contributed by atoms with Crippen LogP contribution in [0.3, 0.4) is 0 Å².